The molecule has 2 aromatic heterocycles. The monoisotopic (exact) mass is 380 g/mol. The summed E-state index contributed by atoms with van der Waals surface area (Å²) in [6.45, 7) is 0. The molecular formula is C21H20N2O3S. The van der Waals surface area contributed by atoms with Gasteiger partial charge in [0.15, 0.2) is 11.5 Å². The Hall–Kier alpha value is -2.99. The van der Waals surface area contributed by atoms with Crippen LogP contribution in [0.4, 0.5) is 0 Å². The van der Waals surface area contributed by atoms with E-state index in [2.05, 4.69) is 39.4 Å². The number of aryl methyl sites for hydroxylation is 1. The third kappa shape index (κ3) is 2.92. The molecule has 0 aliphatic rings. The van der Waals surface area contributed by atoms with E-state index in [0.717, 1.165) is 22.4 Å². The zero-order chi connectivity index (χ0) is 19.0. The molecule has 0 aliphatic heterocycles. The van der Waals surface area contributed by atoms with Crippen LogP contribution in [-0.2, 0) is 7.05 Å². The molecule has 0 bridgehead atoms. The van der Waals surface area contributed by atoms with Crippen LogP contribution in [0.1, 0.15) is 0 Å². The molecule has 0 N–H and O–H groups in total. The van der Waals surface area contributed by atoms with Gasteiger partial charge in [-0.05, 0) is 47.4 Å². The maximum absolute atomic E-state index is 5.50. The Kier molecular flexibility index (Phi) is 4.49. The van der Waals surface area contributed by atoms with E-state index in [9.17, 15) is 0 Å². The highest BCUT2D eigenvalue weighted by molar-refractivity contribution is 7.04. The molecule has 0 saturated carbocycles. The van der Waals surface area contributed by atoms with Crippen LogP contribution in [0.2, 0.25) is 0 Å². The van der Waals surface area contributed by atoms with Gasteiger partial charge in [-0.2, -0.15) is 4.37 Å². The summed E-state index contributed by atoms with van der Waals surface area (Å²) in [5.74, 6) is 1.84. The van der Waals surface area contributed by atoms with E-state index in [1.807, 2.05) is 24.6 Å². The third-order valence-electron chi connectivity index (χ3n) is 4.70. The van der Waals surface area contributed by atoms with Crippen LogP contribution >= 0.6 is 11.5 Å². The molecule has 6 heteroatoms. The number of nitrogens with zero attached hydrogens (tertiary/aromatic N) is 2. The first-order valence-corrected chi connectivity index (χ1v) is 9.30. The van der Waals surface area contributed by atoms with Gasteiger partial charge in [0.25, 0.3) is 0 Å². The summed E-state index contributed by atoms with van der Waals surface area (Å²) in [4.78, 5) is 0. The van der Waals surface area contributed by atoms with Crippen molar-refractivity contribution in [2.24, 2.45) is 7.05 Å². The minimum atomic E-state index is 0.583. The average molecular weight is 380 g/mol. The lowest BCUT2D eigenvalue weighted by molar-refractivity contribution is 0.324. The Morgan fingerprint density at radius 3 is 2.30 bits per heavy atom. The van der Waals surface area contributed by atoms with Crippen molar-refractivity contribution in [3.63, 3.8) is 0 Å². The van der Waals surface area contributed by atoms with Gasteiger partial charge in [-0.3, -0.25) is 0 Å². The van der Waals surface area contributed by atoms with Gasteiger partial charge in [-0.1, -0.05) is 6.07 Å². The molecule has 0 amide bonds. The zero-order valence-corrected chi connectivity index (χ0v) is 16.5. The van der Waals surface area contributed by atoms with Crippen LogP contribution in [0.5, 0.6) is 17.2 Å². The summed E-state index contributed by atoms with van der Waals surface area (Å²) < 4.78 is 23.2. The number of ether oxygens (including phenoxy) is 3. The van der Waals surface area contributed by atoms with Crippen molar-refractivity contribution >= 4 is 22.4 Å². The fraction of sp³-hybridized carbons (Fsp3) is 0.190. The summed E-state index contributed by atoms with van der Waals surface area (Å²) in [6.07, 6.45) is 2.07. The van der Waals surface area contributed by atoms with Crippen molar-refractivity contribution in [2.45, 2.75) is 0 Å². The van der Waals surface area contributed by atoms with E-state index >= 15 is 0 Å². The third-order valence-corrected chi connectivity index (χ3v) is 5.33. The van der Waals surface area contributed by atoms with Gasteiger partial charge < -0.3 is 18.8 Å². The van der Waals surface area contributed by atoms with Gasteiger partial charge in [0.1, 0.15) is 0 Å². The Labute approximate surface area is 161 Å². The first-order valence-electron chi connectivity index (χ1n) is 8.46. The Morgan fingerprint density at radius 2 is 1.63 bits per heavy atom. The van der Waals surface area contributed by atoms with Crippen LogP contribution in [0.15, 0.2) is 48.0 Å². The Balaban J connectivity index is 1.86. The molecule has 27 heavy (non-hydrogen) atoms. The van der Waals surface area contributed by atoms with Crippen molar-refractivity contribution in [3.05, 3.63) is 48.0 Å². The standard InChI is InChI=1S/C21H20N2O3S/c1-23-8-7-13-9-14(5-6-17(13)23)20-16(12-27-22-20)15-10-18(24-2)21(26-4)19(11-15)25-3/h5-12H,1-4H3. The van der Waals surface area contributed by atoms with Crippen LogP contribution in [-0.4, -0.2) is 30.3 Å². The van der Waals surface area contributed by atoms with Gasteiger partial charge in [0, 0.05) is 40.7 Å². The number of rotatable bonds is 5. The molecule has 0 atom stereocenters. The van der Waals surface area contributed by atoms with E-state index in [-0.39, 0.29) is 0 Å². The second kappa shape index (κ2) is 6.96. The molecular weight excluding hydrogens is 360 g/mol. The van der Waals surface area contributed by atoms with Crippen LogP contribution < -0.4 is 14.2 Å². The SMILES string of the molecule is COc1cc(-c2csnc2-c2ccc3c(ccn3C)c2)cc(OC)c1OC. The fourth-order valence-corrected chi connectivity index (χ4v) is 4.03. The first kappa shape index (κ1) is 17.4. The predicted molar refractivity (Wildman–Crippen MR) is 109 cm³/mol. The van der Waals surface area contributed by atoms with E-state index in [1.165, 1.54) is 22.4 Å². The first-order chi connectivity index (χ1) is 13.2. The molecule has 0 aliphatic carbocycles. The van der Waals surface area contributed by atoms with Gasteiger partial charge in [0.05, 0.1) is 27.0 Å². The highest BCUT2D eigenvalue weighted by atomic mass is 32.1. The van der Waals surface area contributed by atoms with Gasteiger partial charge in [-0.25, -0.2) is 0 Å². The Morgan fingerprint density at radius 1 is 0.889 bits per heavy atom. The second-order valence-electron chi connectivity index (χ2n) is 6.19. The maximum atomic E-state index is 5.50. The lowest BCUT2D eigenvalue weighted by Gasteiger charge is -2.14. The zero-order valence-electron chi connectivity index (χ0n) is 15.6. The molecule has 2 heterocycles. The van der Waals surface area contributed by atoms with Crippen molar-refractivity contribution in [1.82, 2.24) is 8.94 Å². The molecule has 0 spiro atoms. The molecule has 0 saturated heterocycles. The van der Waals surface area contributed by atoms with E-state index in [1.54, 1.807) is 21.3 Å². The van der Waals surface area contributed by atoms with E-state index in [4.69, 9.17) is 14.2 Å². The molecule has 0 unspecified atom stereocenters. The highest BCUT2D eigenvalue weighted by Crippen LogP contribution is 2.43. The lowest BCUT2D eigenvalue weighted by Crippen LogP contribution is -1.96. The lowest BCUT2D eigenvalue weighted by atomic mass is 10.0. The van der Waals surface area contributed by atoms with Gasteiger partial charge >= 0.3 is 0 Å². The minimum Gasteiger partial charge on any atom is -0.493 e. The quantitative estimate of drug-likeness (QED) is 0.489. The van der Waals surface area contributed by atoms with Gasteiger partial charge in [-0.15, -0.1) is 0 Å². The van der Waals surface area contributed by atoms with Crippen molar-refractivity contribution in [2.75, 3.05) is 21.3 Å². The largest absolute Gasteiger partial charge is 0.493 e. The summed E-state index contributed by atoms with van der Waals surface area (Å²) in [5, 5.41) is 3.24. The molecule has 4 rings (SSSR count). The second-order valence-corrected chi connectivity index (χ2v) is 6.82. The highest BCUT2D eigenvalue weighted by Gasteiger charge is 2.18. The van der Waals surface area contributed by atoms with Gasteiger partial charge in [0.2, 0.25) is 5.75 Å². The molecule has 0 fully saturated rings. The average Bonchev–Trinajstić information content (AvgIpc) is 3.33. The molecule has 4 aromatic rings. The number of benzene rings is 2. The summed E-state index contributed by atoms with van der Waals surface area (Å²) in [6, 6.07) is 12.4. The van der Waals surface area contributed by atoms with Crippen LogP contribution in [0.3, 0.4) is 0 Å². The predicted octanol–water partition coefficient (Wildman–Crippen LogP) is 4.99. The van der Waals surface area contributed by atoms with Crippen LogP contribution in [0, 0.1) is 0 Å². The number of hydrogen-bond acceptors (Lipinski definition) is 5. The number of methoxy groups -OCH3 is 3. The smallest absolute Gasteiger partial charge is 0.203 e. The van der Waals surface area contributed by atoms with Crippen molar-refractivity contribution < 1.29 is 14.2 Å². The summed E-state index contributed by atoms with van der Waals surface area (Å²) in [5.41, 5.74) is 5.23. The number of aromatic nitrogens is 2. The summed E-state index contributed by atoms with van der Waals surface area (Å²) >= 11 is 1.44. The van der Waals surface area contributed by atoms with E-state index < -0.39 is 0 Å². The Bertz CT molecular complexity index is 1090. The molecule has 2 aromatic carbocycles. The fourth-order valence-electron chi connectivity index (χ4n) is 3.32. The van der Waals surface area contributed by atoms with E-state index in [0.29, 0.717) is 17.2 Å². The molecule has 138 valence electrons. The molecule has 5 nitrogen and oxygen atoms in total. The van der Waals surface area contributed by atoms with Crippen molar-refractivity contribution in [3.8, 4) is 39.6 Å². The van der Waals surface area contributed by atoms with Crippen LogP contribution in [0.25, 0.3) is 33.3 Å². The number of fused-ring (bicyclic) bond motifs is 1. The molecule has 0 radical (unpaired) electrons. The topological polar surface area (TPSA) is 45.5 Å². The maximum Gasteiger partial charge on any atom is 0.203 e. The number of hydrogen-bond donors (Lipinski definition) is 0. The van der Waals surface area contributed by atoms with Crippen molar-refractivity contribution in [1.29, 1.82) is 0 Å². The normalized spacial score (nSPS) is 11.0. The minimum absolute atomic E-state index is 0.583. The summed E-state index contributed by atoms with van der Waals surface area (Å²) in [7, 11) is 6.90.